The van der Waals surface area contributed by atoms with Gasteiger partial charge in [-0.1, -0.05) is 37.2 Å². The van der Waals surface area contributed by atoms with Crippen molar-refractivity contribution < 1.29 is 40.5 Å². The van der Waals surface area contributed by atoms with Gasteiger partial charge in [-0.05, 0) is 49.5 Å². The average Bonchev–Trinajstić information content (AvgIpc) is 2.95. The summed E-state index contributed by atoms with van der Waals surface area (Å²) in [6.07, 6.45) is -0.610. The molecule has 0 aromatic heterocycles. The standard InChI is InChI=1S/C31H33F3N2O4/c1-4-35(2)19-24-20-36(29(37)16-22-15-27(33)28(34)18-26(22)32)14-13-31(24,23-11-8-12-25(17-23)39-3)40-30(38)21-9-6-5-7-10-21/h5-12,15,17-18,24H,4,13-14,16,19-20H2,1-3H3/t24-,31-/m1/s1/i1D3,3D3. The van der Waals surface area contributed by atoms with Crippen molar-refractivity contribution in [3.63, 3.8) is 0 Å². The number of ether oxygens (including phenoxy) is 2. The van der Waals surface area contributed by atoms with Crippen molar-refractivity contribution in [1.29, 1.82) is 0 Å². The van der Waals surface area contributed by atoms with E-state index in [2.05, 4.69) is 0 Å². The van der Waals surface area contributed by atoms with Crippen LogP contribution in [0.25, 0.3) is 0 Å². The summed E-state index contributed by atoms with van der Waals surface area (Å²) in [6, 6.07) is 15.1. The fraction of sp³-hybridized carbons (Fsp3) is 0.355. The zero-order valence-electron chi connectivity index (χ0n) is 27.8. The van der Waals surface area contributed by atoms with E-state index in [1.165, 1.54) is 28.0 Å². The molecule has 0 aliphatic carbocycles. The van der Waals surface area contributed by atoms with Gasteiger partial charge in [0.1, 0.15) is 17.2 Å². The van der Waals surface area contributed by atoms with Crippen LogP contribution < -0.4 is 4.74 Å². The summed E-state index contributed by atoms with van der Waals surface area (Å²) in [6.45, 7) is -2.84. The van der Waals surface area contributed by atoms with Crippen LogP contribution in [0.2, 0.25) is 0 Å². The minimum atomic E-state index is -2.78. The SMILES string of the molecule is [2H]C([2H])([2H])CN(C)C[C@@H]1CN(C(=O)Cc2cc(F)c(F)cc2F)CC[C@@]1(OC(=O)c1ccccc1)c1cccc(OC([2H])([2H])[2H])c1. The number of carbonyl (C=O) groups excluding carboxylic acids is 2. The Balaban J connectivity index is 1.76. The molecule has 9 heteroatoms. The van der Waals surface area contributed by atoms with Gasteiger partial charge in [-0.3, -0.25) is 4.79 Å². The third kappa shape index (κ3) is 6.31. The van der Waals surface area contributed by atoms with E-state index >= 15 is 0 Å². The average molecular weight is 561 g/mol. The van der Waals surface area contributed by atoms with Crippen molar-refractivity contribution in [2.45, 2.75) is 25.3 Å². The third-order valence-corrected chi connectivity index (χ3v) is 7.16. The van der Waals surface area contributed by atoms with E-state index < -0.39 is 61.2 Å². The van der Waals surface area contributed by atoms with Gasteiger partial charge in [0.2, 0.25) is 5.91 Å². The molecule has 0 radical (unpaired) electrons. The zero-order valence-corrected chi connectivity index (χ0v) is 21.8. The summed E-state index contributed by atoms with van der Waals surface area (Å²) in [5, 5.41) is 0. The number of piperidine rings is 1. The first-order chi connectivity index (χ1) is 21.5. The summed E-state index contributed by atoms with van der Waals surface area (Å²) < 4.78 is 99.0. The number of benzene rings is 3. The molecule has 0 saturated carbocycles. The lowest BCUT2D eigenvalue weighted by Crippen LogP contribution is -2.56. The Hall–Kier alpha value is -3.85. The molecule has 3 aromatic rings. The molecule has 0 bridgehead atoms. The number of hydrogen-bond acceptors (Lipinski definition) is 5. The van der Waals surface area contributed by atoms with Gasteiger partial charge in [0.05, 0.1) is 23.1 Å². The van der Waals surface area contributed by atoms with Crippen LogP contribution in [-0.4, -0.2) is 61.9 Å². The van der Waals surface area contributed by atoms with Crippen molar-refractivity contribution in [3.05, 3.63) is 101 Å². The molecule has 3 aromatic carbocycles. The molecule has 0 unspecified atom stereocenters. The Morgan fingerprint density at radius 3 is 2.58 bits per heavy atom. The second-order valence-electron chi connectivity index (χ2n) is 9.79. The van der Waals surface area contributed by atoms with Crippen molar-refractivity contribution in [3.8, 4) is 5.75 Å². The molecular weight excluding hydrogens is 521 g/mol. The minimum absolute atomic E-state index is 0.00582. The minimum Gasteiger partial charge on any atom is -0.497 e. The molecular formula is C31H33F3N2O4. The van der Waals surface area contributed by atoms with Crippen LogP contribution in [0, 0.1) is 23.4 Å². The van der Waals surface area contributed by atoms with E-state index in [9.17, 15) is 22.8 Å². The molecule has 0 spiro atoms. The smallest absolute Gasteiger partial charge is 0.339 e. The maximum absolute atomic E-state index is 14.4. The van der Waals surface area contributed by atoms with Crippen molar-refractivity contribution in [1.82, 2.24) is 9.80 Å². The largest absolute Gasteiger partial charge is 0.497 e. The molecule has 6 nitrogen and oxygen atoms in total. The summed E-state index contributed by atoms with van der Waals surface area (Å²) in [5.41, 5.74) is -1.29. The number of hydrogen-bond donors (Lipinski definition) is 0. The van der Waals surface area contributed by atoms with Crippen LogP contribution in [0.1, 0.15) is 43.0 Å². The number of amides is 1. The van der Waals surface area contributed by atoms with Gasteiger partial charge in [0.15, 0.2) is 11.6 Å². The quantitative estimate of drug-likeness (QED) is 0.266. The molecule has 40 heavy (non-hydrogen) atoms. The van der Waals surface area contributed by atoms with E-state index in [-0.39, 0.29) is 49.5 Å². The van der Waals surface area contributed by atoms with Crippen LogP contribution >= 0.6 is 0 Å². The van der Waals surface area contributed by atoms with Crippen molar-refractivity contribution in [2.24, 2.45) is 5.92 Å². The highest BCUT2D eigenvalue weighted by Crippen LogP contribution is 2.43. The first kappa shape index (κ1) is 21.9. The fourth-order valence-electron chi connectivity index (χ4n) is 5.05. The van der Waals surface area contributed by atoms with Gasteiger partial charge in [0.25, 0.3) is 0 Å². The van der Waals surface area contributed by atoms with Crippen molar-refractivity contribution >= 4 is 11.9 Å². The number of methoxy groups -OCH3 is 1. The van der Waals surface area contributed by atoms with Gasteiger partial charge < -0.3 is 19.3 Å². The molecule has 1 heterocycles. The number of nitrogens with zero attached hydrogens (tertiary/aromatic N) is 2. The maximum atomic E-state index is 14.4. The topological polar surface area (TPSA) is 59.1 Å². The maximum Gasteiger partial charge on any atom is 0.339 e. The Labute approximate surface area is 240 Å². The Morgan fingerprint density at radius 1 is 1.05 bits per heavy atom. The predicted octanol–water partition coefficient (Wildman–Crippen LogP) is 5.21. The normalized spacial score (nSPS) is 21.8. The van der Waals surface area contributed by atoms with Gasteiger partial charge in [0, 0.05) is 47.7 Å². The molecule has 0 N–H and O–H groups in total. The number of likely N-dealkylation sites (tertiary alicyclic amines) is 1. The number of esters is 1. The lowest BCUT2D eigenvalue weighted by Gasteiger charge is -2.48. The molecule has 1 aliphatic rings. The molecule has 1 fully saturated rings. The summed E-state index contributed by atoms with van der Waals surface area (Å²) in [5.74, 6) is -5.95. The van der Waals surface area contributed by atoms with Crippen LogP contribution in [0.3, 0.4) is 0 Å². The Bertz CT molecular complexity index is 1560. The zero-order chi connectivity index (χ0) is 33.9. The summed E-state index contributed by atoms with van der Waals surface area (Å²) in [7, 11) is -1.22. The van der Waals surface area contributed by atoms with E-state index in [0.717, 1.165) is 0 Å². The highest BCUT2D eigenvalue weighted by Gasteiger charge is 2.49. The Kier molecular flexibility index (Phi) is 6.87. The van der Waals surface area contributed by atoms with E-state index in [0.29, 0.717) is 17.7 Å². The summed E-state index contributed by atoms with van der Waals surface area (Å²) >= 11 is 0. The molecule has 1 saturated heterocycles. The lowest BCUT2D eigenvalue weighted by atomic mass is 9.75. The highest BCUT2D eigenvalue weighted by atomic mass is 19.2. The highest BCUT2D eigenvalue weighted by molar-refractivity contribution is 5.89. The predicted molar refractivity (Wildman–Crippen MR) is 144 cm³/mol. The van der Waals surface area contributed by atoms with E-state index in [1.54, 1.807) is 43.4 Å². The number of halogens is 3. The summed E-state index contributed by atoms with van der Waals surface area (Å²) in [4.78, 5) is 29.9. The molecule has 4 rings (SSSR count). The van der Waals surface area contributed by atoms with E-state index in [1.807, 2.05) is 0 Å². The van der Waals surface area contributed by atoms with Gasteiger partial charge in [-0.25, -0.2) is 18.0 Å². The fourth-order valence-corrected chi connectivity index (χ4v) is 5.05. The second-order valence-corrected chi connectivity index (χ2v) is 9.79. The van der Waals surface area contributed by atoms with Crippen LogP contribution in [0.15, 0.2) is 66.7 Å². The Morgan fingerprint density at radius 2 is 1.82 bits per heavy atom. The van der Waals surface area contributed by atoms with Crippen LogP contribution in [0.4, 0.5) is 13.2 Å². The third-order valence-electron chi connectivity index (χ3n) is 7.16. The van der Waals surface area contributed by atoms with Gasteiger partial charge in [-0.2, -0.15) is 0 Å². The van der Waals surface area contributed by atoms with Gasteiger partial charge >= 0.3 is 5.97 Å². The number of carbonyl (C=O) groups is 2. The first-order valence-corrected chi connectivity index (χ1v) is 12.6. The molecule has 1 amide bonds. The lowest BCUT2D eigenvalue weighted by molar-refractivity contribution is -0.142. The monoisotopic (exact) mass is 560 g/mol. The molecule has 212 valence electrons. The first-order valence-electron chi connectivity index (χ1n) is 15.6. The second kappa shape index (κ2) is 12.6. The van der Waals surface area contributed by atoms with Crippen LogP contribution in [-0.2, 0) is 21.6 Å². The van der Waals surface area contributed by atoms with Gasteiger partial charge in [-0.15, -0.1) is 0 Å². The number of rotatable bonds is 9. The van der Waals surface area contributed by atoms with Crippen molar-refractivity contribution in [2.75, 3.05) is 40.3 Å². The molecule has 2 atom stereocenters. The molecule has 1 aliphatic heterocycles. The van der Waals surface area contributed by atoms with E-state index in [4.69, 9.17) is 17.7 Å². The van der Waals surface area contributed by atoms with Crippen LogP contribution in [0.5, 0.6) is 5.75 Å².